The first-order valence-electron chi connectivity index (χ1n) is 6.54. The van der Waals surface area contributed by atoms with Crippen LogP contribution in [0.25, 0.3) is 0 Å². The van der Waals surface area contributed by atoms with E-state index in [4.69, 9.17) is 0 Å². The Morgan fingerprint density at radius 1 is 1.39 bits per heavy atom. The molecule has 1 saturated heterocycles. The van der Waals surface area contributed by atoms with Crippen molar-refractivity contribution in [1.29, 1.82) is 0 Å². The van der Waals surface area contributed by atoms with E-state index in [1.807, 2.05) is 12.1 Å². The first-order valence-corrected chi connectivity index (χ1v) is 7.33. The minimum absolute atomic E-state index is 0.0966. The Labute approximate surface area is 117 Å². The predicted molar refractivity (Wildman–Crippen MR) is 77.3 cm³/mol. The third-order valence-corrected chi connectivity index (χ3v) is 4.11. The Kier molecular flexibility index (Phi) is 4.12. The van der Waals surface area contributed by atoms with Gasteiger partial charge in [0.2, 0.25) is 0 Å². The van der Waals surface area contributed by atoms with Crippen molar-refractivity contribution in [3.63, 3.8) is 0 Å². The molecular weight excluding hydrogens is 293 g/mol. The smallest absolute Gasteiger partial charge is 0.140 e. The van der Waals surface area contributed by atoms with Crippen LogP contribution >= 0.6 is 15.9 Å². The van der Waals surface area contributed by atoms with Crippen LogP contribution in [0.2, 0.25) is 0 Å². The van der Waals surface area contributed by atoms with Gasteiger partial charge >= 0.3 is 0 Å². The highest BCUT2D eigenvalue weighted by atomic mass is 79.9. The Bertz CT molecular complexity index is 425. The molecule has 0 amide bonds. The highest BCUT2D eigenvalue weighted by Crippen LogP contribution is 2.34. The van der Waals surface area contributed by atoms with Crippen LogP contribution in [-0.2, 0) is 0 Å². The number of hydrogen-bond acceptors (Lipinski definition) is 1. The van der Waals surface area contributed by atoms with Gasteiger partial charge in [0.05, 0.1) is 4.47 Å². The molecule has 2 rings (SSSR count). The SMILES string of the molecule is CC(C)(C)CC1CC(c2cccc(Br)c2F)CN1. The molecule has 1 aliphatic heterocycles. The van der Waals surface area contributed by atoms with E-state index >= 15 is 0 Å². The van der Waals surface area contributed by atoms with Crippen molar-refractivity contribution in [2.45, 2.75) is 45.6 Å². The number of nitrogens with one attached hydrogen (secondary N) is 1. The second-order valence-electron chi connectivity index (χ2n) is 6.45. The van der Waals surface area contributed by atoms with Gasteiger partial charge in [0.1, 0.15) is 5.82 Å². The van der Waals surface area contributed by atoms with Crippen molar-refractivity contribution in [3.05, 3.63) is 34.1 Å². The zero-order chi connectivity index (χ0) is 13.3. The van der Waals surface area contributed by atoms with E-state index in [0.717, 1.165) is 24.9 Å². The van der Waals surface area contributed by atoms with E-state index in [0.29, 0.717) is 21.8 Å². The normalized spacial score (nSPS) is 24.5. The fourth-order valence-corrected chi connectivity index (χ4v) is 3.17. The summed E-state index contributed by atoms with van der Waals surface area (Å²) >= 11 is 3.26. The lowest BCUT2D eigenvalue weighted by Gasteiger charge is -2.23. The standard InChI is InChI=1S/C15H21BrFN/c1-15(2,3)8-11-7-10(9-18-11)12-5-4-6-13(16)14(12)17/h4-6,10-11,18H,7-9H2,1-3H3. The average molecular weight is 314 g/mol. The first-order chi connectivity index (χ1) is 8.37. The van der Waals surface area contributed by atoms with Crippen molar-refractivity contribution in [2.75, 3.05) is 6.54 Å². The zero-order valence-electron chi connectivity index (χ0n) is 11.3. The van der Waals surface area contributed by atoms with Crippen LogP contribution in [0.5, 0.6) is 0 Å². The summed E-state index contributed by atoms with van der Waals surface area (Å²) in [4.78, 5) is 0. The van der Waals surface area contributed by atoms with Crippen LogP contribution < -0.4 is 5.32 Å². The molecule has 3 heteroatoms. The van der Waals surface area contributed by atoms with Gasteiger partial charge in [-0.15, -0.1) is 0 Å². The summed E-state index contributed by atoms with van der Waals surface area (Å²) < 4.78 is 14.6. The minimum atomic E-state index is -0.0966. The second kappa shape index (κ2) is 5.30. The highest BCUT2D eigenvalue weighted by Gasteiger charge is 2.30. The molecule has 1 aliphatic rings. The van der Waals surface area contributed by atoms with E-state index in [2.05, 4.69) is 42.0 Å². The van der Waals surface area contributed by atoms with Crippen molar-refractivity contribution in [2.24, 2.45) is 5.41 Å². The van der Waals surface area contributed by atoms with Gasteiger partial charge in [-0.3, -0.25) is 0 Å². The number of rotatable bonds is 2. The van der Waals surface area contributed by atoms with Gasteiger partial charge in [-0.25, -0.2) is 4.39 Å². The van der Waals surface area contributed by atoms with Crippen LogP contribution in [0.1, 0.15) is 45.1 Å². The third-order valence-electron chi connectivity index (χ3n) is 3.50. The third kappa shape index (κ3) is 3.33. The molecule has 1 aromatic carbocycles. The van der Waals surface area contributed by atoms with Gasteiger partial charge in [0.15, 0.2) is 0 Å². The predicted octanol–water partition coefficient (Wildman–Crippen LogP) is 4.47. The molecule has 0 aromatic heterocycles. The quantitative estimate of drug-likeness (QED) is 0.849. The summed E-state index contributed by atoms with van der Waals surface area (Å²) in [6.45, 7) is 7.64. The second-order valence-corrected chi connectivity index (χ2v) is 7.30. The lowest BCUT2D eigenvalue weighted by Crippen LogP contribution is -2.26. The average Bonchev–Trinajstić information content (AvgIpc) is 2.68. The maximum Gasteiger partial charge on any atom is 0.140 e. The molecule has 0 aliphatic carbocycles. The minimum Gasteiger partial charge on any atom is -0.313 e. The molecule has 1 aromatic rings. The van der Waals surface area contributed by atoms with Crippen LogP contribution in [0, 0.1) is 11.2 Å². The van der Waals surface area contributed by atoms with Gasteiger partial charge in [-0.05, 0) is 45.8 Å². The molecule has 1 fully saturated rings. The molecule has 18 heavy (non-hydrogen) atoms. The van der Waals surface area contributed by atoms with Gasteiger partial charge in [-0.2, -0.15) is 0 Å². The van der Waals surface area contributed by atoms with E-state index in [9.17, 15) is 4.39 Å². The van der Waals surface area contributed by atoms with E-state index in [1.54, 1.807) is 6.07 Å². The van der Waals surface area contributed by atoms with Gasteiger partial charge in [0.25, 0.3) is 0 Å². The summed E-state index contributed by atoms with van der Waals surface area (Å²) in [6.07, 6.45) is 2.17. The summed E-state index contributed by atoms with van der Waals surface area (Å²) in [7, 11) is 0. The van der Waals surface area contributed by atoms with E-state index in [-0.39, 0.29) is 5.82 Å². The zero-order valence-corrected chi connectivity index (χ0v) is 12.8. The summed E-state index contributed by atoms with van der Waals surface area (Å²) in [5.41, 5.74) is 1.16. The Balaban J connectivity index is 2.07. The molecule has 1 nitrogen and oxygen atoms in total. The first kappa shape index (κ1) is 14.0. The maximum absolute atomic E-state index is 14.0. The molecule has 2 atom stereocenters. The Morgan fingerprint density at radius 3 is 2.78 bits per heavy atom. The van der Waals surface area contributed by atoms with Crippen molar-refractivity contribution < 1.29 is 4.39 Å². The van der Waals surface area contributed by atoms with Gasteiger partial charge in [0, 0.05) is 18.5 Å². The molecular formula is C15H21BrFN. The molecule has 1 N–H and O–H groups in total. The number of benzene rings is 1. The lowest BCUT2D eigenvalue weighted by molar-refractivity contribution is 0.324. The van der Waals surface area contributed by atoms with Crippen LogP contribution in [0.3, 0.4) is 0 Å². The molecule has 100 valence electrons. The summed E-state index contributed by atoms with van der Waals surface area (Å²) in [5.74, 6) is 0.204. The van der Waals surface area contributed by atoms with E-state index < -0.39 is 0 Å². The van der Waals surface area contributed by atoms with Gasteiger partial charge in [-0.1, -0.05) is 32.9 Å². The summed E-state index contributed by atoms with van der Waals surface area (Å²) in [6, 6.07) is 6.09. The van der Waals surface area contributed by atoms with Crippen LogP contribution in [-0.4, -0.2) is 12.6 Å². The van der Waals surface area contributed by atoms with Gasteiger partial charge < -0.3 is 5.32 Å². The summed E-state index contributed by atoms with van der Waals surface area (Å²) in [5, 5.41) is 3.53. The number of halogens is 2. The molecule has 0 spiro atoms. The molecule has 2 unspecified atom stereocenters. The molecule has 1 heterocycles. The van der Waals surface area contributed by atoms with Crippen LogP contribution in [0.15, 0.2) is 22.7 Å². The maximum atomic E-state index is 14.0. The Hall–Kier alpha value is -0.410. The largest absolute Gasteiger partial charge is 0.313 e. The topological polar surface area (TPSA) is 12.0 Å². The monoisotopic (exact) mass is 313 g/mol. The van der Waals surface area contributed by atoms with Crippen LogP contribution in [0.4, 0.5) is 4.39 Å². The van der Waals surface area contributed by atoms with Crippen molar-refractivity contribution in [3.8, 4) is 0 Å². The van der Waals surface area contributed by atoms with Crippen molar-refractivity contribution >= 4 is 15.9 Å². The Morgan fingerprint density at radius 2 is 2.11 bits per heavy atom. The fraction of sp³-hybridized carbons (Fsp3) is 0.600. The molecule has 0 saturated carbocycles. The fourth-order valence-electron chi connectivity index (χ4n) is 2.79. The lowest BCUT2D eigenvalue weighted by atomic mass is 9.85. The molecule has 0 radical (unpaired) electrons. The van der Waals surface area contributed by atoms with E-state index in [1.165, 1.54) is 0 Å². The molecule has 0 bridgehead atoms. The highest BCUT2D eigenvalue weighted by molar-refractivity contribution is 9.10. The van der Waals surface area contributed by atoms with Crippen molar-refractivity contribution in [1.82, 2.24) is 5.32 Å². The number of hydrogen-bond donors (Lipinski definition) is 1.